The first-order valence-corrected chi connectivity index (χ1v) is 15.6. The second-order valence-electron chi connectivity index (χ2n) is 10.2. The molecule has 0 saturated carbocycles. The van der Waals surface area contributed by atoms with Crippen LogP contribution in [0.15, 0.2) is 109 Å². The molecular formula is C32H29N9O3S. The molecule has 3 aromatic carbocycles. The zero-order chi connectivity index (χ0) is 31.2. The summed E-state index contributed by atoms with van der Waals surface area (Å²) >= 11 is 0. The molecule has 6 rings (SSSR count). The summed E-state index contributed by atoms with van der Waals surface area (Å²) in [6, 6.07) is 23.4. The van der Waals surface area contributed by atoms with E-state index in [1.165, 1.54) is 4.68 Å². The van der Waals surface area contributed by atoms with E-state index in [1.807, 2.05) is 49.4 Å². The minimum absolute atomic E-state index is 0.120. The van der Waals surface area contributed by atoms with Gasteiger partial charge in [-0.15, -0.1) is 5.10 Å². The van der Waals surface area contributed by atoms with E-state index in [0.29, 0.717) is 28.3 Å². The number of amides is 1. The van der Waals surface area contributed by atoms with Crippen LogP contribution >= 0.6 is 0 Å². The molecule has 0 spiro atoms. The molecule has 3 aromatic heterocycles. The van der Waals surface area contributed by atoms with Crippen molar-refractivity contribution in [3.8, 4) is 11.3 Å². The summed E-state index contributed by atoms with van der Waals surface area (Å²) in [6.07, 6.45) is 6.76. The minimum Gasteiger partial charge on any atom is -0.346 e. The molecule has 0 saturated heterocycles. The molecule has 1 amide bonds. The van der Waals surface area contributed by atoms with Gasteiger partial charge in [0.1, 0.15) is 5.69 Å². The van der Waals surface area contributed by atoms with Crippen LogP contribution in [0.5, 0.6) is 0 Å². The number of carbonyl (C=O) groups excluding carboxylic acids is 1. The van der Waals surface area contributed by atoms with Gasteiger partial charge in [-0.1, -0.05) is 47.7 Å². The lowest BCUT2D eigenvalue weighted by Gasteiger charge is -2.11. The molecule has 3 N–H and O–H groups in total. The first-order chi connectivity index (χ1) is 21.9. The van der Waals surface area contributed by atoms with Gasteiger partial charge in [-0.2, -0.15) is 0 Å². The number of hydrogen-bond acceptors (Lipinski definition) is 9. The molecule has 12 nitrogen and oxygen atoms in total. The predicted octanol–water partition coefficient (Wildman–Crippen LogP) is 4.24. The van der Waals surface area contributed by atoms with Crippen LogP contribution in [0.3, 0.4) is 0 Å². The molecule has 0 atom stereocenters. The van der Waals surface area contributed by atoms with Gasteiger partial charge >= 0.3 is 0 Å². The number of carbonyl (C=O) groups is 1. The van der Waals surface area contributed by atoms with Crippen molar-refractivity contribution in [3.05, 3.63) is 120 Å². The van der Waals surface area contributed by atoms with Crippen molar-refractivity contribution in [1.82, 2.24) is 40.0 Å². The quantitative estimate of drug-likeness (QED) is 0.193. The van der Waals surface area contributed by atoms with Gasteiger partial charge in [0.05, 0.1) is 29.9 Å². The number of benzene rings is 3. The van der Waals surface area contributed by atoms with Crippen LogP contribution in [0.25, 0.3) is 22.0 Å². The Balaban J connectivity index is 1.04. The van der Waals surface area contributed by atoms with Gasteiger partial charge in [0, 0.05) is 47.3 Å². The number of pyridine rings is 1. The second kappa shape index (κ2) is 13.0. The Hall–Kier alpha value is -5.53. The minimum atomic E-state index is -3.73. The number of aryl methyl sites for hydroxylation is 1. The predicted molar refractivity (Wildman–Crippen MR) is 170 cm³/mol. The zero-order valence-corrected chi connectivity index (χ0v) is 25.1. The van der Waals surface area contributed by atoms with E-state index >= 15 is 0 Å². The van der Waals surface area contributed by atoms with Crippen LogP contribution in [0.1, 0.15) is 21.6 Å². The van der Waals surface area contributed by atoms with E-state index < -0.39 is 10.0 Å². The van der Waals surface area contributed by atoms with Gasteiger partial charge in [-0.3, -0.25) is 14.5 Å². The summed E-state index contributed by atoms with van der Waals surface area (Å²) in [5.74, 6) is 0.105. The summed E-state index contributed by atoms with van der Waals surface area (Å²) in [7, 11) is -3.73. The third-order valence-electron chi connectivity index (χ3n) is 7.05. The molecule has 0 aliphatic heterocycles. The topological polar surface area (TPSA) is 157 Å². The lowest BCUT2D eigenvalue weighted by atomic mass is 10.1. The van der Waals surface area contributed by atoms with Crippen LogP contribution in [-0.2, 0) is 23.1 Å². The Labute approximate surface area is 259 Å². The van der Waals surface area contributed by atoms with Crippen molar-refractivity contribution in [3.63, 3.8) is 0 Å². The van der Waals surface area contributed by atoms with Gasteiger partial charge in [0.2, 0.25) is 16.0 Å². The highest BCUT2D eigenvalue weighted by Gasteiger charge is 2.17. The SMILES string of the molecule is Cc1ccc(C(=O)NCc2cn(CCNS(=O)(=O)c3cccc4ccccc34)nn2)cc1Nc1nccc(-c2cccnc2)n1. The second-order valence-corrected chi connectivity index (χ2v) is 11.9. The molecule has 0 radical (unpaired) electrons. The molecule has 0 aliphatic rings. The van der Waals surface area contributed by atoms with Crippen LogP contribution in [0.2, 0.25) is 0 Å². The maximum absolute atomic E-state index is 13.0. The number of fused-ring (bicyclic) bond motifs is 1. The van der Waals surface area contributed by atoms with E-state index in [2.05, 4.69) is 40.6 Å². The van der Waals surface area contributed by atoms with E-state index in [-0.39, 0.29) is 30.4 Å². The highest BCUT2D eigenvalue weighted by atomic mass is 32.2. The molecule has 0 fully saturated rings. The summed E-state index contributed by atoms with van der Waals surface area (Å²) in [5, 5.41) is 15.7. The first-order valence-electron chi connectivity index (χ1n) is 14.1. The summed E-state index contributed by atoms with van der Waals surface area (Å²) in [5.41, 5.74) is 4.19. The van der Waals surface area contributed by atoms with Gasteiger partial charge in [0.15, 0.2) is 0 Å². The fraction of sp³-hybridized carbons (Fsp3) is 0.125. The molecule has 226 valence electrons. The van der Waals surface area contributed by atoms with E-state index in [1.54, 1.807) is 61.2 Å². The van der Waals surface area contributed by atoms with Gasteiger partial charge in [-0.05, 0) is 54.3 Å². The van der Waals surface area contributed by atoms with E-state index in [4.69, 9.17) is 0 Å². The maximum atomic E-state index is 13.0. The van der Waals surface area contributed by atoms with Crippen molar-refractivity contribution in [1.29, 1.82) is 0 Å². The van der Waals surface area contributed by atoms with Crippen LogP contribution in [-0.4, -0.2) is 50.8 Å². The van der Waals surface area contributed by atoms with Crippen LogP contribution < -0.4 is 15.4 Å². The van der Waals surface area contributed by atoms with Crippen molar-refractivity contribution in [2.45, 2.75) is 24.9 Å². The molecule has 0 aliphatic carbocycles. The third kappa shape index (κ3) is 7.00. The number of nitrogens with zero attached hydrogens (tertiary/aromatic N) is 6. The largest absolute Gasteiger partial charge is 0.346 e. The molecular weight excluding hydrogens is 590 g/mol. The Morgan fingerprint density at radius 3 is 2.69 bits per heavy atom. The smallest absolute Gasteiger partial charge is 0.251 e. The van der Waals surface area contributed by atoms with Crippen LogP contribution in [0.4, 0.5) is 11.6 Å². The first kappa shape index (κ1) is 29.5. The van der Waals surface area contributed by atoms with Gasteiger partial charge in [0.25, 0.3) is 5.91 Å². The van der Waals surface area contributed by atoms with Gasteiger partial charge < -0.3 is 10.6 Å². The van der Waals surface area contributed by atoms with Crippen molar-refractivity contribution >= 4 is 38.3 Å². The average molecular weight is 620 g/mol. The standard InChI is InChI=1S/C32H29N9O3S/c1-22-11-12-24(18-29(22)38-32-34-15-13-28(37-32)25-8-5-14-33-19-25)31(42)35-20-26-21-41(40-39-26)17-16-36-45(43,44)30-10-4-7-23-6-2-3-9-27(23)30/h2-15,18-19,21,36H,16-17,20H2,1H3,(H,35,42)(H,34,37,38). The lowest BCUT2D eigenvalue weighted by Crippen LogP contribution is -2.27. The Morgan fingerprint density at radius 2 is 1.82 bits per heavy atom. The number of hydrogen-bond donors (Lipinski definition) is 3. The van der Waals surface area contributed by atoms with Crippen molar-refractivity contribution in [2.24, 2.45) is 0 Å². The number of sulfonamides is 1. The zero-order valence-electron chi connectivity index (χ0n) is 24.3. The number of aromatic nitrogens is 6. The number of rotatable bonds is 11. The Bertz CT molecular complexity index is 2080. The molecule has 0 bridgehead atoms. The molecule has 0 unspecified atom stereocenters. The number of anilines is 2. The molecule has 6 aromatic rings. The average Bonchev–Trinajstić information content (AvgIpc) is 3.52. The lowest BCUT2D eigenvalue weighted by molar-refractivity contribution is 0.0950. The summed E-state index contributed by atoms with van der Waals surface area (Å²) in [6.45, 7) is 2.46. The van der Waals surface area contributed by atoms with Crippen LogP contribution in [0, 0.1) is 6.92 Å². The van der Waals surface area contributed by atoms with Crippen molar-refractivity contribution < 1.29 is 13.2 Å². The normalized spacial score (nSPS) is 11.4. The summed E-state index contributed by atoms with van der Waals surface area (Å²) in [4.78, 5) is 26.2. The Kier molecular flexibility index (Phi) is 8.53. The summed E-state index contributed by atoms with van der Waals surface area (Å²) < 4.78 is 30.1. The van der Waals surface area contributed by atoms with Gasteiger partial charge in [-0.25, -0.2) is 23.1 Å². The highest BCUT2D eigenvalue weighted by molar-refractivity contribution is 7.89. The van der Waals surface area contributed by atoms with E-state index in [0.717, 1.165) is 22.2 Å². The fourth-order valence-electron chi connectivity index (χ4n) is 4.72. The van der Waals surface area contributed by atoms with E-state index in [9.17, 15) is 13.2 Å². The number of nitrogens with one attached hydrogen (secondary N) is 3. The molecule has 13 heteroatoms. The molecule has 45 heavy (non-hydrogen) atoms. The maximum Gasteiger partial charge on any atom is 0.251 e. The molecule has 3 heterocycles. The monoisotopic (exact) mass is 619 g/mol. The van der Waals surface area contributed by atoms with Crippen molar-refractivity contribution in [2.75, 3.05) is 11.9 Å². The fourth-order valence-corrected chi connectivity index (χ4v) is 5.97. The highest BCUT2D eigenvalue weighted by Crippen LogP contribution is 2.24. The third-order valence-corrected chi connectivity index (χ3v) is 8.57. The Morgan fingerprint density at radius 1 is 0.956 bits per heavy atom.